The molecule has 1 aliphatic heterocycles. The van der Waals surface area contributed by atoms with Gasteiger partial charge in [-0.25, -0.2) is 0 Å². The van der Waals surface area contributed by atoms with Gasteiger partial charge < -0.3 is 0 Å². The van der Waals surface area contributed by atoms with Crippen molar-refractivity contribution >= 4 is 27.8 Å². The van der Waals surface area contributed by atoms with Crippen LogP contribution in [-0.2, 0) is 6.42 Å². The number of fused-ring (bicyclic) bond motifs is 4. The van der Waals surface area contributed by atoms with E-state index in [2.05, 4.69) is 184 Å². The maximum Gasteiger partial charge on any atom is 0.0678 e. The third-order valence-corrected chi connectivity index (χ3v) is 11.0. The van der Waals surface area contributed by atoms with Crippen LogP contribution < -0.4 is 0 Å². The summed E-state index contributed by atoms with van der Waals surface area (Å²) in [5, 5.41) is 2.47. The predicted molar refractivity (Wildman–Crippen MR) is 221 cm³/mol. The van der Waals surface area contributed by atoms with Gasteiger partial charge in [-0.15, -0.1) is 0 Å². The van der Waals surface area contributed by atoms with E-state index in [9.17, 15) is 0 Å². The number of hydrogen-bond acceptors (Lipinski definition) is 1. The molecule has 0 saturated carbocycles. The number of hydrogen-bond donors (Lipinski definition) is 0. The lowest BCUT2D eigenvalue weighted by atomic mass is 9.82. The third-order valence-electron chi connectivity index (χ3n) is 11.0. The van der Waals surface area contributed by atoms with Crippen LogP contribution in [0.25, 0.3) is 55.4 Å². The zero-order valence-electron chi connectivity index (χ0n) is 29.8. The molecule has 1 heterocycles. The van der Waals surface area contributed by atoms with E-state index in [4.69, 9.17) is 4.99 Å². The van der Waals surface area contributed by atoms with Gasteiger partial charge in [-0.1, -0.05) is 170 Å². The number of nitrogens with zero attached hydrogens (tertiary/aromatic N) is 1. The highest BCUT2D eigenvalue weighted by atomic mass is 14.8. The van der Waals surface area contributed by atoms with Crippen LogP contribution in [0.4, 0.5) is 0 Å². The van der Waals surface area contributed by atoms with Gasteiger partial charge in [0, 0.05) is 17.9 Å². The fraction of sp³-hybridized carbons (Fsp3) is 0.118. The van der Waals surface area contributed by atoms with E-state index in [-0.39, 0.29) is 5.92 Å². The summed E-state index contributed by atoms with van der Waals surface area (Å²) in [5.74, 6) is 0.243. The summed E-state index contributed by atoms with van der Waals surface area (Å²) in [7, 11) is 0. The largest absolute Gasteiger partial charge is 0.252 e. The van der Waals surface area contributed by atoms with Crippen LogP contribution in [0.2, 0.25) is 0 Å². The van der Waals surface area contributed by atoms with Crippen molar-refractivity contribution < 1.29 is 0 Å². The summed E-state index contributed by atoms with van der Waals surface area (Å²) in [6.45, 7) is 4.62. The van der Waals surface area contributed by atoms with Gasteiger partial charge in [0.2, 0.25) is 0 Å². The quantitative estimate of drug-likeness (QED) is 0.167. The lowest BCUT2D eigenvalue weighted by molar-refractivity contribution is 0.785. The van der Waals surface area contributed by atoms with Crippen molar-refractivity contribution in [2.45, 2.75) is 33.1 Å². The van der Waals surface area contributed by atoms with Crippen molar-refractivity contribution in [2.75, 3.05) is 0 Å². The van der Waals surface area contributed by atoms with Gasteiger partial charge in [-0.05, 0) is 104 Å². The Hall–Kier alpha value is -6.05. The molecule has 1 nitrogen and oxygen atoms in total. The monoisotopic (exact) mass is 667 g/mol. The van der Waals surface area contributed by atoms with E-state index in [1.807, 2.05) is 0 Å². The summed E-state index contributed by atoms with van der Waals surface area (Å²) < 4.78 is 0. The topological polar surface area (TPSA) is 12.4 Å². The predicted octanol–water partition coefficient (Wildman–Crippen LogP) is 13.5. The summed E-state index contributed by atoms with van der Waals surface area (Å²) in [6.07, 6.45) is 5.19. The molecular weight excluding hydrogens is 627 g/mol. The van der Waals surface area contributed by atoms with Crippen LogP contribution in [0.1, 0.15) is 54.5 Å². The van der Waals surface area contributed by atoms with E-state index in [0.717, 1.165) is 30.7 Å². The fourth-order valence-electron chi connectivity index (χ4n) is 8.39. The highest BCUT2D eigenvalue weighted by Gasteiger charge is 2.26. The standard InChI is InChI=1S/C51H41N/c1-3-35-33-49(47-21-13-20-44-32-45-31-40(26-27-46(45)51(44)47)37-16-9-5-10-17-37)52-48(28-34(2)50(35)38-18-11-6-12-19-38)43-25-24-41-29-39(22-23-42(41)30-43)36-14-7-4-8-15-36/h4-27,29-31,33,35H,3,28,32H2,1-2H3/b49-33-,50-34?,52-48?. The van der Waals surface area contributed by atoms with Crippen molar-refractivity contribution in [1.82, 2.24) is 0 Å². The molecule has 0 fully saturated rings. The highest BCUT2D eigenvalue weighted by molar-refractivity contribution is 6.09. The molecule has 1 unspecified atom stereocenters. The maximum atomic E-state index is 5.68. The number of allylic oxidation sites excluding steroid dienone is 3. The average molecular weight is 668 g/mol. The molecule has 0 radical (unpaired) electrons. The lowest BCUT2D eigenvalue weighted by Gasteiger charge is -2.25. The second-order valence-corrected chi connectivity index (χ2v) is 14.3. The van der Waals surface area contributed by atoms with E-state index in [0.29, 0.717) is 0 Å². The highest BCUT2D eigenvalue weighted by Crippen LogP contribution is 2.45. The molecule has 1 atom stereocenters. The first kappa shape index (κ1) is 31.9. The molecular formula is C51H41N. The van der Waals surface area contributed by atoms with Gasteiger partial charge in [0.05, 0.1) is 11.4 Å². The molecule has 250 valence electrons. The van der Waals surface area contributed by atoms with Crippen LogP contribution in [-0.4, -0.2) is 5.71 Å². The minimum absolute atomic E-state index is 0.243. The first-order chi connectivity index (χ1) is 25.6. The molecule has 9 rings (SSSR count). The minimum atomic E-state index is 0.243. The second-order valence-electron chi connectivity index (χ2n) is 14.3. The first-order valence-electron chi connectivity index (χ1n) is 18.6. The zero-order chi connectivity index (χ0) is 35.0. The second kappa shape index (κ2) is 13.6. The van der Waals surface area contributed by atoms with Crippen LogP contribution >= 0.6 is 0 Å². The Balaban J connectivity index is 1.20. The SMILES string of the molecule is CCC1/C=C(/c2cccc3c2-c2ccc(-c4ccccc4)cc2C3)N=C(c2ccc3cc(-c4ccccc4)ccc3c2)CC(C)=C1c1ccccc1. The van der Waals surface area contributed by atoms with Crippen LogP contribution in [0, 0.1) is 5.92 Å². The Morgan fingerprint density at radius 3 is 1.77 bits per heavy atom. The molecule has 0 aromatic heterocycles. The first-order valence-corrected chi connectivity index (χ1v) is 18.6. The fourth-order valence-corrected chi connectivity index (χ4v) is 8.39. The molecule has 1 aliphatic carbocycles. The van der Waals surface area contributed by atoms with Gasteiger partial charge in [0.1, 0.15) is 0 Å². The molecule has 7 aromatic carbocycles. The Bertz CT molecular complexity index is 2530. The third kappa shape index (κ3) is 5.93. The van der Waals surface area contributed by atoms with E-state index >= 15 is 0 Å². The zero-order valence-corrected chi connectivity index (χ0v) is 29.8. The van der Waals surface area contributed by atoms with E-state index in [1.54, 1.807) is 0 Å². The molecule has 1 heteroatoms. The van der Waals surface area contributed by atoms with Crippen molar-refractivity contribution in [3.8, 4) is 33.4 Å². The Morgan fingerprint density at radius 2 is 1.10 bits per heavy atom. The molecule has 0 saturated heterocycles. The molecule has 0 N–H and O–H groups in total. The van der Waals surface area contributed by atoms with Gasteiger partial charge in [0.25, 0.3) is 0 Å². The maximum absolute atomic E-state index is 5.68. The summed E-state index contributed by atoms with van der Waals surface area (Å²) in [6, 6.07) is 59.9. The summed E-state index contributed by atoms with van der Waals surface area (Å²) in [5.41, 5.74) is 19.1. The molecule has 0 spiro atoms. The average Bonchev–Trinajstić information content (AvgIpc) is 3.58. The number of aliphatic imine (C=N–C) groups is 1. The van der Waals surface area contributed by atoms with Gasteiger partial charge in [-0.2, -0.15) is 0 Å². The minimum Gasteiger partial charge on any atom is -0.252 e. The molecule has 0 amide bonds. The number of rotatable bonds is 6. The summed E-state index contributed by atoms with van der Waals surface area (Å²) >= 11 is 0. The van der Waals surface area contributed by atoms with E-state index in [1.165, 1.54) is 83.1 Å². The molecule has 52 heavy (non-hydrogen) atoms. The molecule has 7 aromatic rings. The van der Waals surface area contributed by atoms with Gasteiger partial charge in [0.15, 0.2) is 0 Å². The Morgan fingerprint density at radius 1 is 0.500 bits per heavy atom. The number of benzene rings is 7. The van der Waals surface area contributed by atoms with Crippen LogP contribution in [0.15, 0.2) is 180 Å². The molecule has 0 bridgehead atoms. The lowest BCUT2D eigenvalue weighted by Crippen LogP contribution is -2.11. The normalized spacial score (nSPS) is 16.4. The van der Waals surface area contributed by atoms with Crippen molar-refractivity contribution in [3.05, 3.63) is 203 Å². The van der Waals surface area contributed by atoms with Gasteiger partial charge >= 0.3 is 0 Å². The van der Waals surface area contributed by atoms with Gasteiger partial charge in [-0.3, -0.25) is 4.99 Å². The van der Waals surface area contributed by atoms with Crippen LogP contribution in [0.3, 0.4) is 0 Å². The molecule has 2 aliphatic rings. The van der Waals surface area contributed by atoms with Crippen molar-refractivity contribution in [2.24, 2.45) is 10.9 Å². The van der Waals surface area contributed by atoms with Crippen LogP contribution in [0.5, 0.6) is 0 Å². The van der Waals surface area contributed by atoms with Crippen molar-refractivity contribution in [1.29, 1.82) is 0 Å². The summed E-state index contributed by atoms with van der Waals surface area (Å²) in [4.78, 5) is 5.68. The smallest absolute Gasteiger partial charge is 0.0678 e. The van der Waals surface area contributed by atoms with Crippen molar-refractivity contribution in [3.63, 3.8) is 0 Å². The van der Waals surface area contributed by atoms with E-state index < -0.39 is 0 Å². The Kier molecular flexibility index (Phi) is 8.33. The Labute approximate surface area is 307 Å².